The molecule has 0 aliphatic rings. The van der Waals surface area contributed by atoms with Crippen LogP contribution in [-0.2, 0) is 0 Å². The van der Waals surface area contributed by atoms with Gasteiger partial charge in [-0.25, -0.2) is 4.39 Å². The van der Waals surface area contributed by atoms with Gasteiger partial charge in [-0.1, -0.05) is 34.9 Å². The van der Waals surface area contributed by atoms with E-state index in [2.05, 4.69) is 36.4 Å². The Labute approximate surface area is 158 Å². The second kappa shape index (κ2) is 7.74. The summed E-state index contributed by atoms with van der Waals surface area (Å²) < 4.78 is 19.9. The third-order valence-corrected chi connectivity index (χ3v) is 4.27. The Morgan fingerprint density at radius 2 is 1.96 bits per heavy atom. The highest BCUT2D eigenvalue weighted by Gasteiger charge is 2.26. The molecule has 0 aliphatic carbocycles. The first-order chi connectivity index (χ1) is 12.5. The first kappa shape index (κ1) is 18.2. The fraction of sp³-hybridized carbons (Fsp3) is 0.222. The lowest BCUT2D eigenvalue weighted by Gasteiger charge is -2.18. The van der Waals surface area contributed by atoms with Crippen molar-refractivity contribution in [3.05, 3.63) is 64.5 Å². The molecular formula is C18H16BrFN4O2. The second-order valence-electron chi connectivity index (χ2n) is 6.01. The number of hydrogen-bond donors (Lipinski definition) is 1. The SMILES string of the molecule is CC(C)C(NC(=O)c1cc(Br)ccc1F)c1nc(-c2ccncc2)no1. The van der Waals surface area contributed by atoms with E-state index < -0.39 is 17.8 Å². The van der Waals surface area contributed by atoms with Crippen LogP contribution in [0.15, 0.2) is 51.7 Å². The highest BCUT2D eigenvalue weighted by molar-refractivity contribution is 9.10. The van der Waals surface area contributed by atoms with Gasteiger partial charge in [0, 0.05) is 22.4 Å². The van der Waals surface area contributed by atoms with Crippen molar-refractivity contribution in [3.63, 3.8) is 0 Å². The zero-order valence-electron chi connectivity index (χ0n) is 14.1. The third kappa shape index (κ3) is 3.96. The van der Waals surface area contributed by atoms with Crippen LogP contribution in [0.2, 0.25) is 0 Å². The summed E-state index contributed by atoms with van der Waals surface area (Å²) in [6, 6.07) is 7.16. The molecule has 1 aromatic carbocycles. The summed E-state index contributed by atoms with van der Waals surface area (Å²) in [4.78, 5) is 20.8. The summed E-state index contributed by atoms with van der Waals surface area (Å²) in [6.45, 7) is 3.80. The molecule has 1 unspecified atom stereocenters. The van der Waals surface area contributed by atoms with Gasteiger partial charge < -0.3 is 9.84 Å². The van der Waals surface area contributed by atoms with Gasteiger partial charge in [0.1, 0.15) is 11.9 Å². The standard InChI is InChI=1S/C18H16BrFN4O2/c1-10(2)15(22-17(25)13-9-12(19)3-4-14(13)20)18-23-16(24-26-18)11-5-7-21-8-6-11/h3-10,15H,1-2H3,(H,22,25). The molecule has 3 aromatic rings. The number of nitrogens with one attached hydrogen (secondary N) is 1. The molecule has 0 saturated heterocycles. The maximum Gasteiger partial charge on any atom is 0.254 e. The molecule has 8 heteroatoms. The number of rotatable bonds is 5. The maximum atomic E-state index is 14.0. The smallest absolute Gasteiger partial charge is 0.254 e. The van der Waals surface area contributed by atoms with Crippen LogP contribution in [-0.4, -0.2) is 21.0 Å². The van der Waals surface area contributed by atoms with Crippen LogP contribution in [0.4, 0.5) is 4.39 Å². The molecule has 1 atom stereocenters. The van der Waals surface area contributed by atoms with Crippen molar-refractivity contribution >= 4 is 21.8 Å². The molecule has 0 bridgehead atoms. The van der Waals surface area contributed by atoms with Gasteiger partial charge in [-0.2, -0.15) is 4.98 Å². The minimum absolute atomic E-state index is 0.0418. The molecule has 0 aliphatic heterocycles. The van der Waals surface area contributed by atoms with Crippen LogP contribution in [0, 0.1) is 11.7 Å². The molecule has 0 radical (unpaired) electrons. The Morgan fingerprint density at radius 3 is 2.65 bits per heavy atom. The number of halogens is 2. The van der Waals surface area contributed by atoms with Crippen molar-refractivity contribution in [1.82, 2.24) is 20.4 Å². The minimum atomic E-state index is -0.601. The van der Waals surface area contributed by atoms with Gasteiger partial charge in [-0.3, -0.25) is 9.78 Å². The molecule has 2 aromatic heterocycles. The van der Waals surface area contributed by atoms with Gasteiger partial charge in [0.05, 0.1) is 5.56 Å². The van der Waals surface area contributed by atoms with Crippen LogP contribution in [0.25, 0.3) is 11.4 Å². The van der Waals surface area contributed by atoms with Crippen molar-refractivity contribution < 1.29 is 13.7 Å². The van der Waals surface area contributed by atoms with Crippen LogP contribution in [0.3, 0.4) is 0 Å². The molecular weight excluding hydrogens is 403 g/mol. The molecule has 6 nitrogen and oxygen atoms in total. The van der Waals surface area contributed by atoms with Crippen LogP contribution in [0.5, 0.6) is 0 Å². The number of hydrogen-bond acceptors (Lipinski definition) is 5. The van der Waals surface area contributed by atoms with Crippen molar-refractivity contribution in [2.75, 3.05) is 0 Å². The molecule has 2 heterocycles. The van der Waals surface area contributed by atoms with E-state index in [0.29, 0.717) is 10.3 Å². The summed E-state index contributed by atoms with van der Waals surface area (Å²) in [5, 5.41) is 6.73. The lowest BCUT2D eigenvalue weighted by molar-refractivity contribution is 0.0909. The number of carbonyl (C=O) groups excluding carboxylic acids is 1. The zero-order chi connectivity index (χ0) is 18.7. The Kier molecular flexibility index (Phi) is 5.41. The molecule has 134 valence electrons. The fourth-order valence-electron chi connectivity index (χ4n) is 2.38. The summed E-state index contributed by atoms with van der Waals surface area (Å²) in [6.07, 6.45) is 3.26. The normalized spacial score (nSPS) is 12.2. The molecule has 1 amide bonds. The van der Waals surface area contributed by atoms with Crippen LogP contribution >= 0.6 is 15.9 Å². The Hall–Kier alpha value is -2.61. The topological polar surface area (TPSA) is 80.9 Å². The fourth-order valence-corrected chi connectivity index (χ4v) is 2.74. The summed E-state index contributed by atoms with van der Waals surface area (Å²) in [5.74, 6) is -0.534. The van der Waals surface area contributed by atoms with Gasteiger partial charge in [0.2, 0.25) is 11.7 Å². The van der Waals surface area contributed by atoms with E-state index in [4.69, 9.17) is 4.52 Å². The van der Waals surface area contributed by atoms with E-state index in [1.54, 1.807) is 24.5 Å². The summed E-state index contributed by atoms with van der Waals surface area (Å²) >= 11 is 3.24. The van der Waals surface area contributed by atoms with E-state index in [-0.39, 0.29) is 17.4 Å². The Bertz CT molecular complexity index is 915. The number of pyridine rings is 1. The largest absolute Gasteiger partial charge is 0.340 e. The predicted octanol–water partition coefficient (Wildman–Crippen LogP) is 4.16. The molecule has 0 fully saturated rings. The molecule has 0 spiro atoms. The number of carbonyl (C=O) groups is 1. The van der Waals surface area contributed by atoms with E-state index in [1.807, 2.05) is 13.8 Å². The van der Waals surface area contributed by atoms with Crippen molar-refractivity contribution in [2.45, 2.75) is 19.9 Å². The quantitative estimate of drug-likeness (QED) is 0.672. The summed E-state index contributed by atoms with van der Waals surface area (Å²) in [5.41, 5.74) is 0.695. The predicted molar refractivity (Wildman–Crippen MR) is 96.7 cm³/mol. The number of aromatic nitrogens is 3. The molecule has 1 N–H and O–H groups in total. The van der Waals surface area contributed by atoms with Gasteiger partial charge in [-0.05, 0) is 36.2 Å². The van der Waals surface area contributed by atoms with Gasteiger partial charge >= 0.3 is 0 Å². The van der Waals surface area contributed by atoms with E-state index in [9.17, 15) is 9.18 Å². The minimum Gasteiger partial charge on any atom is -0.340 e. The Balaban J connectivity index is 1.85. The van der Waals surface area contributed by atoms with Crippen molar-refractivity contribution in [3.8, 4) is 11.4 Å². The van der Waals surface area contributed by atoms with Gasteiger partial charge in [-0.15, -0.1) is 0 Å². The van der Waals surface area contributed by atoms with E-state index in [0.717, 1.165) is 5.56 Å². The monoisotopic (exact) mass is 418 g/mol. The molecule has 3 rings (SSSR count). The van der Waals surface area contributed by atoms with Crippen molar-refractivity contribution in [1.29, 1.82) is 0 Å². The average molecular weight is 419 g/mol. The number of nitrogens with zero attached hydrogens (tertiary/aromatic N) is 3. The number of amides is 1. The molecule has 26 heavy (non-hydrogen) atoms. The summed E-state index contributed by atoms with van der Waals surface area (Å²) in [7, 11) is 0. The van der Waals surface area contributed by atoms with E-state index in [1.165, 1.54) is 18.2 Å². The second-order valence-corrected chi connectivity index (χ2v) is 6.93. The first-order valence-corrected chi connectivity index (χ1v) is 8.75. The van der Waals surface area contributed by atoms with Crippen LogP contribution < -0.4 is 5.32 Å². The lowest BCUT2D eigenvalue weighted by atomic mass is 10.0. The highest BCUT2D eigenvalue weighted by atomic mass is 79.9. The Morgan fingerprint density at radius 1 is 1.23 bits per heavy atom. The van der Waals surface area contributed by atoms with Crippen LogP contribution in [0.1, 0.15) is 36.1 Å². The number of benzene rings is 1. The first-order valence-electron chi connectivity index (χ1n) is 7.95. The zero-order valence-corrected chi connectivity index (χ0v) is 15.7. The van der Waals surface area contributed by atoms with Gasteiger partial charge in [0.25, 0.3) is 5.91 Å². The average Bonchev–Trinajstić information content (AvgIpc) is 3.11. The third-order valence-electron chi connectivity index (χ3n) is 3.77. The van der Waals surface area contributed by atoms with Crippen molar-refractivity contribution in [2.24, 2.45) is 5.92 Å². The maximum absolute atomic E-state index is 14.0. The molecule has 0 saturated carbocycles. The lowest BCUT2D eigenvalue weighted by Crippen LogP contribution is -2.32. The highest BCUT2D eigenvalue weighted by Crippen LogP contribution is 2.24. The van der Waals surface area contributed by atoms with E-state index >= 15 is 0 Å². The van der Waals surface area contributed by atoms with Gasteiger partial charge in [0.15, 0.2) is 0 Å².